The minimum absolute atomic E-state index is 0.114. The summed E-state index contributed by atoms with van der Waals surface area (Å²) >= 11 is 0. The van der Waals surface area contributed by atoms with Crippen molar-refractivity contribution < 1.29 is 0 Å². The molecule has 4 heteroatoms. The van der Waals surface area contributed by atoms with Crippen molar-refractivity contribution in [2.45, 2.75) is 95.4 Å². The summed E-state index contributed by atoms with van der Waals surface area (Å²) in [6, 6.07) is 9.18. The molecular weight excluding hydrogens is 705 g/mol. The Hall–Kier alpha value is -5.61. The quantitative estimate of drug-likeness (QED) is 0.291. The second-order valence-electron chi connectivity index (χ2n) is 17.0. The lowest BCUT2D eigenvalue weighted by Crippen LogP contribution is -2.41. The molecule has 0 saturated heterocycles. The number of hydrogen-bond acceptors (Lipinski definition) is 4. The van der Waals surface area contributed by atoms with E-state index in [1.807, 2.05) is 0 Å². The number of nitrogens with one attached hydrogen (secondary N) is 1. The van der Waals surface area contributed by atoms with Gasteiger partial charge in [-0.05, 0) is 140 Å². The Morgan fingerprint density at radius 3 is 2.21 bits per heavy atom. The van der Waals surface area contributed by atoms with Crippen LogP contribution >= 0.6 is 0 Å². The average molecular weight is 759 g/mol. The third-order valence-corrected chi connectivity index (χ3v) is 13.3. The van der Waals surface area contributed by atoms with Crippen LogP contribution in [0.3, 0.4) is 0 Å². The molecule has 10 rings (SSSR count). The highest BCUT2D eigenvalue weighted by Crippen LogP contribution is 2.41. The maximum absolute atomic E-state index is 5.24. The molecule has 4 unspecified atom stereocenters. The van der Waals surface area contributed by atoms with E-state index in [9.17, 15) is 0 Å². The van der Waals surface area contributed by atoms with Crippen molar-refractivity contribution in [2.75, 3.05) is 0 Å². The normalized spacial score (nSPS) is 26.4. The maximum Gasteiger partial charge on any atom is 0.163 e. The van der Waals surface area contributed by atoms with Crippen LogP contribution in [0, 0.1) is 11.8 Å². The van der Waals surface area contributed by atoms with E-state index in [1.165, 1.54) is 75.1 Å². The predicted octanol–water partition coefficient (Wildman–Crippen LogP) is 13.0. The topological polar surface area (TPSA) is 50.7 Å². The number of allylic oxidation sites excluding steroid dienone is 24. The lowest BCUT2D eigenvalue weighted by molar-refractivity contribution is 0.467. The second-order valence-corrected chi connectivity index (χ2v) is 17.0. The van der Waals surface area contributed by atoms with Crippen molar-refractivity contribution in [3.05, 3.63) is 196 Å². The summed E-state index contributed by atoms with van der Waals surface area (Å²) < 4.78 is 0. The van der Waals surface area contributed by atoms with Crippen molar-refractivity contribution in [3.63, 3.8) is 0 Å². The minimum Gasteiger partial charge on any atom is -0.377 e. The van der Waals surface area contributed by atoms with E-state index < -0.39 is 0 Å². The molecule has 290 valence electrons. The van der Waals surface area contributed by atoms with Crippen LogP contribution in [0.5, 0.6) is 0 Å². The van der Waals surface area contributed by atoms with Gasteiger partial charge in [0.05, 0.1) is 6.04 Å². The molecule has 0 fully saturated rings. The Balaban J connectivity index is 0.957. The summed E-state index contributed by atoms with van der Waals surface area (Å²) in [7, 11) is 0. The molecule has 1 aliphatic heterocycles. The number of hydrogen-bond donors (Lipinski definition) is 1. The first kappa shape index (κ1) is 36.7. The van der Waals surface area contributed by atoms with Crippen molar-refractivity contribution >= 4 is 11.1 Å². The fourth-order valence-electron chi connectivity index (χ4n) is 10.0. The van der Waals surface area contributed by atoms with E-state index in [0.29, 0.717) is 11.8 Å². The Morgan fingerprint density at radius 2 is 1.41 bits per heavy atom. The van der Waals surface area contributed by atoms with Gasteiger partial charge in [0.15, 0.2) is 11.6 Å². The first-order valence-corrected chi connectivity index (χ1v) is 22.0. The molecule has 0 spiro atoms. The summed E-state index contributed by atoms with van der Waals surface area (Å²) in [5.41, 5.74) is 15.0. The first-order chi connectivity index (χ1) is 28.7. The average Bonchev–Trinajstić information content (AvgIpc) is 3.32. The Kier molecular flexibility index (Phi) is 10.6. The molecule has 4 atom stereocenters. The third-order valence-electron chi connectivity index (χ3n) is 13.3. The fraction of sp³-hybridized carbons (Fsp3) is 0.315. The van der Waals surface area contributed by atoms with E-state index in [1.54, 1.807) is 0 Å². The molecule has 1 aromatic carbocycles. The molecule has 7 aliphatic carbocycles. The van der Waals surface area contributed by atoms with Gasteiger partial charge in [-0.2, -0.15) is 0 Å². The van der Waals surface area contributed by atoms with Crippen LogP contribution in [0.4, 0.5) is 0 Å². The highest BCUT2D eigenvalue weighted by Gasteiger charge is 2.34. The van der Waals surface area contributed by atoms with Crippen LogP contribution in [-0.4, -0.2) is 21.0 Å². The number of dihydropyridines is 1. The largest absolute Gasteiger partial charge is 0.377 e. The van der Waals surface area contributed by atoms with Gasteiger partial charge in [-0.3, -0.25) is 0 Å². The van der Waals surface area contributed by atoms with Gasteiger partial charge in [0, 0.05) is 29.0 Å². The number of benzene rings is 1. The molecule has 0 amide bonds. The van der Waals surface area contributed by atoms with Gasteiger partial charge in [-0.15, -0.1) is 0 Å². The summed E-state index contributed by atoms with van der Waals surface area (Å²) in [5.74, 6) is 3.40. The van der Waals surface area contributed by atoms with E-state index >= 15 is 0 Å². The molecule has 0 radical (unpaired) electrons. The highest BCUT2D eigenvalue weighted by atomic mass is 15.0. The predicted molar refractivity (Wildman–Crippen MR) is 240 cm³/mol. The minimum atomic E-state index is 0.114. The molecule has 1 aromatic heterocycles. The summed E-state index contributed by atoms with van der Waals surface area (Å²) in [5, 5.41) is 4.13. The van der Waals surface area contributed by atoms with E-state index in [2.05, 4.69) is 145 Å². The Bertz CT molecular complexity index is 2410. The molecule has 0 saturated carbocycles. The summed E-state index contributed by atoms with van der Waals surface area (Å²) in [4.78, 5) is 15.6. The Labute approximate surface area is 344 Å². The molecule has 0 bridgehead atoms. The molecule has 4 nitrogen and oxygen atoms in total. The maximum atomic E-state index is 5.24. The number of rotatable bonds is 8. The smallest absolute Gasteiger partial charge is 0.163 e. The van der Waals surface area contributed by atoms with Crippen LogP contribution in [0.1, 0.15) is 107 Å². The van der Waals surface area contributed by atoms with Gasteiger partial charge >= 0.3 is 0 Å². The molecular formula is C54H54N4. The second kappa shape index (κ2) is 16.7. The molecule has 8 aliphatic rings. The van der Waals surface area contributed by atoms with Gasteiger partial charge < -0.3 is 5.32 Å². The van der Waals surface area contributed by atoms with E-state index in [4.69, 9.17) is 15.0 Å². The zero-order valence-electron chi connectivity index (χ0n) is 33.6. The molecule has 2 aromatic rings. The van der Waals surface area contributed by atoms with Crippen LogP contribution in [0.25, 0.3) is 22.5 Å². The Morgan fingerprint density at radius 1 is 0.534 bits per heavy atom. The zero-order valence-corrected chi connectivity index (χ0v) is 33.6. The van der Waals surface area contributed by atoms with Crippen molar-refractivity contribution in [3.8, 4) is 11.4 Å². The van der Waals surface area contributed by atoms with Gasteiger partial charge in [0.2, 0.25) is 0 Å². The molecule has 58 heavy (non-hydrogen) atoms. The van der Waals surface area contributed by atoms with Crippen LogP contribution < -0.4 is 5.32 Å². The molecule has 1 N–H and O–H groups in total. The number of aromatic nitrogens is 3. The van der Waals surface area contributed by atoms with E-state index in [-0.39, 0.29) is 12.0 Å². The van der Waals surface area contributed by atoms with Gasteiger partial charge in [-0.25, -0.2) is 15.0 Å². The van der Waals surface area contributed by atoms with E-state index in [0.717, 1.165) is 87.2 Å². The van der Waals surface area contributed by atoms with Crippen LogP contribution in [-0.2, 0) is 0 Å². The van der Waals surface area contributed by atoms with Crippen molar-refractivity contribution in [1.29, 1.82) is 0 Å². The lowest BCUT2D eigenvalue weighted by Gasteiger charge is -2.38. The summed E-state index contributed by atoms with van der Waals surface area (Å²) in [6.07, 6.45) is 58.4. The monoisotopic (exact) mass is 758 g/mol. The fourth-order valence-corrected chi connectivity index (χ4v) is 10.0. The van der Waals surface area contributed by atoms with Crippen molar-refractivity contribution in [2.24, 2.45) is 11.8 Å². The SMILES string of the molecule is C1=CCCC(C2=CC=C(C3=CC=C(c4nc(-c5ccc(C6=CCCCC6)cc5)nc(C5C=CC(C6C=CC=CC6)=CC5)n4)CC3)NC2C2CC=CC3=C2C=CCC3)=C1. The summed E-state index contributed by atoms with van der Waals surface area (Å²) in [6.45, 7) is 0. The highest BCUT2D eigenvalue weighted by molar-refractivity contribution is 5.70. The zero-order chi connectivity index (χ0) is 38.7. The molecule has 2 heterocycles. The van der Waals surface area contributed by atoms with Crippen molar-refractivity contribution in [1.82, 2.24) is 20.3 Å². The van der Waals surface area contributed by atoms with Crippen LogP contribution in [0.15, 0.2) is 179 Å². The standard InChI is InChI=1S/C54H54N4/c1-4-13-37(14-5-1)39-23-29-44(30-24-39)52-56-53(45-31-25-40(26-32-45)38-15-6-2-7-16-38)58-54(57-52)46-33-27-43(28-34-46)50-36-35-48(42-17-8-3-9-18-42)51(55-50)49-22-12-20-41-19-10-11-21-47(41)49/h1,3-5,8,11-13,15,17,20-21,23-27,29,31-33,35-37,44,49,51,55H,2,6-7,9-10,14,16,18-19,22,28,30,34H2. The lowest BCUT2D eigenvalue weighted by atomic mass is 9.73. The first-order valence-electron chi connectivity index (χ1n) is 22.0. The van der Waals surface area contributed by atoms with Crippen LogP contribution in [0.2, 0.25) is 0 Å². The third kappa shape index (κ3) is 7.69. The van der Waals surface area contributed by atoms with Gasteiger partial charge in [-0.1, -0.05) is 134 Å². The van der Waals surface area contributed by atoms with Gasteiger partial charge in [0.1, 0.15) is 5.82 Å². The van der Waals surface area contributed by atoms with Gasteiger partial charge in [0.25, 0.3) is 0 Å². The number of nitrogens with zero attached hydrogens (tertiary/aromatic N) is 3.